The number of nitrogens with one attached hydrogen (secondary N) is 1. The lowest BCUT2D eigenvalue weighted by molar-refractivity contribution is -0.119. The zero-order valence-corrected chi connectivity index (χ0v) is 15.6. The summed E-state index contributed by atoms with van der Waals surface area (Å²) in [6.07, 6.45) is 7.12. The van der Waals surface area contributed by atoms with E-state index in [9.17, 15) is 13.2 Å². The van der Waals surface area contributed by atoms with Gasteiger partial charge in [-0.3, -0.25) is 9.10 Å². The molecule has 25 heavy (non-hydrogen) atoms. The van der Waals surface area contributed by atoms with Crippen molar-refractivity contribution in [2.75, 3.05) is 23.7 Å². The third kappa shape index (κ3) is 5.60. The second-order valence-electron chi connectivity index (χ2n) is 6.04. The smallest absolute Gasteiger partial charge is 0.240 e. The normalized spacial score (nSPS) is 11.3. The van der Waals surface area contributed by atoms with Crippen LogP contribution in [0.2, 0.25) is 0 Å². The highest BCUT2D eigenvalue weighted by molar-refractivity contribution is 7.92. The third-order valence-corrected chi connectivity index (χ3v) is 5.08. The fraction of sp³-hybridized carbons (Fsp3) is 0.412. The molecular weight excluding hydrogens is 340 g/mol. The van der Waals surface area contributed by atoms with Crippen molar-refractivity contribution in [3.63, 3.8) is 0 Å². The summed E-state index contributed by atoms with van der Waals surface area (Å²) in [4.78, 5) is 16.1. The topological polar surface area (TPSA) is 84.3 Å². The summed E-state index contributed by atoms with van der Waals surface area (Å²) in [6.45, 7) is 4.85. The number of anilines is 1. The van der Waals surface area contributed by atoms with E-state index < -0.39 is 10.0 Å². The number of hydrogen-bond donors (Lipinski definition) is 1. The van der Waals surface area contributed by atoms with Crippen LogP contribution in [0.3, 0.4) is 0 Å². The molecule has 0 aliphatic carbocycles. The van der Waals surface area contributed by atoms with E-state index in [4.69, 9.17) is 0 Å². The number of rotatable bonds is 8. The Hall–Kier alpha value is -2.35. The molecule has 0 saturated heterocycles. The maximum Gasteiger partial charge on any atom is 0.240 e. The van der Waals surface area contributed by atoms with Gasteiger partial charge in [-0.25, -0.2) is 13.4 Å². The minimum Gasteiger partial charge on any atom is -0.354 e. The SMILES string of the molecule is Cc1ccc(N(CC(=O)NCCCn2ccnc2)S(C)(=O)=O)cc1C. The van der Waals surface area contributed by atoms with Crippen LogP contribution >= 0.6 is 0 Å². The first-order valence-corrected chi connectivity index (χ1v) is 9.89. The van der Waals surface area contributed by atoms with Gasteiger partial charge in [0.25, 0.3) is 0 Å². The number of carbonyl (C=O) groups excluding carboxylic acids is 1. The highest BCUT2D eigenvalue weighted by Gasteiger charge is 2.21. The molecule has 0 aliphatic rings. The van der Waals surface area contributed by atoms with E-state index >= 15 is 0 Å². The molecule has 1 aromatic heterocycles. The van der Waals surface area contributed by atoms with Gasteiger partial charge >= 0.3 is 0 Å². The number of amides is 1. The Bertz CT molecular complexity index is 816. The Labute approximate surface area is 148 Å². The van der Waals surface area contributed by atoms with Crippen molar-refractivity contribution in [2.24, 2.45) is 0 Å². The Morgan fingerprint density at radius 1 is 1.28 bits per heavy atom. The molecule has 0 fully saturated rings. The molecule has 1 heterocycles. The van der Waals surface area contributed by atoms with Crippen molar-refractivity contribution in [1.82, 2.24) is 14.9 Å². The predicted molar refractivity (Wildman–Crippen MR) is 98.0 cm³/mol. The van der Waals surface area contributed by atoms with Gasteiger partial charge in [-0.15, -0.1) is 0 Å². The Morgan fingerprint density at radius 3 is 2.64 bits per heavy atom. The highest BCUT2D eigenvalue weighted by Crippen LogP contribution is 2.20. The first-order valence-electron chi connectivity index (χ1n) is 8.05. The van der Waals surface area contributed by atoms with Crippen LogP contribution in [0.4, 0.5) is 5.69 Å². The van der Waals surface area contributed by atoms with Gasteiger partial charge in [0.1, 0.15) is 6.54 Å². The molecule has 0 spiro atoms. The van der Waals surface area contributed by atoms with Crippen LogP contribution in [0, 0.1) is 13.8 Å². The van der Waals surface area contributed by atoms with Crippen molar-refractivity contribution >= 4 is 21.6 Å². The largest absolute Gasteiger partial charge is 0.354 e. The molecule has 7 nitrogen and oxygen atoms in total. The lowest BCUT2D eigenvalue weighted by atomic mass is 10.1. The summed E-state index contributed by atoms with van der Waals surface area (Å²) in [5.74, 6) is -0.325. The van der Waals surface area contributed by atoms with Crippen LogP contribution in [-0.4, -0.2) is 43.2 Å². The van der Waals surface area contributed by atoms with E-state index in [1.165, 1.54) is 0 Å². The van der Waals surface area contributed by atoms with Crippen molar-refractivity contribution in [3.8, 4) is 0 Å². The summed E-state index contributed by atoms with van der Waals surface area (Å²) >= 11 is 0. The molecule has 1 amide bonds. The fourth-order valence-electron chi connectivity index (χ4n) is 2.38. The summed E-state index contributed by atoms with van der Waals surface area (Å²) in [6, 6.07) is 5.35. The average Bonchev–Trinajstić information content (AvgIpc) is 3.04. The van der Waals surface area contributed by atoms with Crippen LogP contribution in [-0.2, 0) is 21.4 Å². The molecule has 0 unspecified atom stereocenters. The highest BCUT2D eigenvalue weighted by atomic mass is 32.2. The van der Waals surface area contributed by atoms with E-state index in [1.54, 1.807) is 24.7 Å². The molecule has 1 aromatic carbocycles. The molecule has 136 valence electrons. The van der Waals surface area contributed by atoms with Gasteiger partial charge in [-0.1, -0.05) is 6.07 Å². The first-order chi connectivity index (χ1) is 11.8. The van der Waals surface area contributed by atoms with E-state index in [0.717, 1.165) is 34.7 Å². The van der Waals surface area contributed by atoms with Gasteiger partial charge in [-0.05, 0) is 43.5 Å². The summed E-state index contributed by atoms with van der Waals surface area (Å²) < 4.78 is 27.2. The lowest BCUT2D eigenvalue weighted by Crippen LogP contribution is -2.40. The third-order valence-electron chi connectivity index (χ3n) is 3.94. The van der Waals surface area contributed by atoms with Crippen molar-refractivity contribution < 1.29 is 13.2 Å². The fourth-order valence-corrected chi connectivity index (χ4v) is 3.22. The molecule has 2 aromatic rings. The van der Waals surface area contributed by atoms with Crippen molar-refractivity contribution in [2.45, 2.75) is 26.8 Å². The average molecular weight is 364 g/mol. The standard InChI is InChI=1S/C17H24N4O3S/c1-14-5-6-16(11-15(14)2)21(25(3,23)24)12-17(22)19-7-4-9-20-10-8-18-13-20/h5-6,8,10-11,13H,4,7,9,12H2,1-3H3,(H,19,22). The Kier molecular flexibility index (Phi) is 6.19. The minimum atomic E-state index is -3.55. The molecular formula is C17H24N4O3S. The number of sulfonamides is 1. The van der Waals surface area contributed by atoms with E-state index in [2.05, 4.69) is 10.3 Å². The van der Waals surface area contributed by atoms with Crippen LogP contribution in [0.1, 0.15) is 17.5 Å². The number of aryl methyl sites for hydroxylation is 3. The summed E-state index contributed by atoms with van der Waals surface area (Å²) in [5.41, 5.74) is 2.55. The zero-order chi connectivity index (χ0) is 18.4. The van der Waals surface area contributed by atoms with Gasteiger partial charge in [-0.2, -0.15) is 0 Å². The first kappa shape index (κ1) is 19.0. The minimum absolute atomic E-state index is 0.230. The van der Waals surface area contributed by atoms with Crippen molar-refractivity contribution in [1.29, 1.82) is 0 Å². The molecule has 0 atom stereocenters. The molecule has 1 N–H and O–H groups in total. The number of imidazole rings is 1. The van der Waals surface area contributed by atoms with Gasteiger partial charge in [0, 0.05) is 25.5 Å². The van der Waals surface area contributed by atoms with Crippen molar-refractivity contribution in [3.05, 3.63) is 48.0 Å². The molecule has 2 rings (SSSR count). The number of nitrogens with zero attached hydrogens (tertiary/aromatic N) is 3. The molecule has 8 heteroatoms. The maximum absolute atomic E-state index is 12.2. The van der Waals surface area contributed by atoms with E-state index in [1.807, 2.05) is 30.7 Å². The quantitative estimate of drug-likeness (QED) is 0.719. The number of hydrogen-bond acceptors (Lipinski definition) is 4. The van der Waals surface area contributed by atoms with Gasteiger partial charge in [0.2, 0.25) is 15.9 Å². The zero-order valence-electron chi connectivity index (χ0n) is 14.8. The van der Waals surface area contributed by atoms with E-state index in [0.29, 0.717) is 12.2 Å². The summed E-state index contributed by atoms with van der Waals surface area (Å²) in [5, 5.41) is 2.76. The number of aromatic nitrogens is 2. The maximum atomic E-state index is 12.2. The molecule has 0 radical (unpaired) electrons. The van der Waals surface area contributed by atoms with Crippen LogP contribution in [0.25, 0.3) is 0 Å². The van der Waals surface area contributed by atoms with Gasteiger partial charge in [0.05, 0.1) is 18.3 Å². The second kappa shape index (κ2) is 8.15. The number of benzene rings is 1. The Balaban J connectivity index is 1.94. The Morgan fingerprint density at radius 2 is 2.04 bits per heavy atom. The van der Waals surface area contributed by atoms with Crippen LogP contribution in [0.15, 0.2) is 36.9 Å². The van der Waals surface area contributed by atoms with Crippen LogP contribution < -0.4 is 9.62 Å². The molecule has 0 bridgehead atoms. The number of carbonyl (C=O) groups is 1. The lowest BCUT2D eigenvalue weighted by Gasteiger charge is -2.22. The van der Waals surface area contributed by atoms with Crippen LogP contribution in [0.5, 0.6) is 0 Å². The van der Waals surface area contributed by atoms with Gasteiger partial charge in [0.15, 0.2) is 0 Å². The van der Waals surface area contributed by atoms with E-state index in [-0.39, 0.29) is 12.5 Å². The predicted octanol–water partition coefficient (Wildman–Crippen LogP) is 1.47. The molecule has 0 aliphatic heterocycles. The summed E-state index contributed by atoms with van der Waals surface area (Å²) in [7, 11) is -3.55. The molecule has 0 saturated carbocycles. The van der Waals surface area contributed by atoms with Gasteiger partial charge < -0.3 is 9.88 Å². The monoisotopic (exact) mass is 364 g/mol. The second-order valence-corrected chi connectivity index (χ2v) is 7.95.